The van der Waals surface area contributed by atoms with E-state index in [4.69, 9.17) is 5.73 Å². The minimum Gasteiger partial charge on any atom is -0.502 e. The number of aliphatic imine (C=N–C) groups is 1. The summed E-state index contributed by atoms with van der Waals surface area (Å²) >= 11 is 0.950. The van der Waals surface area contributed by atoms with Crippen molar-refractivity contribution in [1.82, 2.24) is 0 Å². The Balaban J connectivity index is 2.42. The van der Waals surface area contributed by atoms with Crippen molar-refractivity contribution in [2.45, 2.75) is 0 Å². The summed E-state index contributed by atoms with van der Waals surface area (Å²) < 4.78 is 0. The van der Waals surface area contributed by atoms with Crippen LogP contribution in [0, 0.1) is 10.1 Å². The quantitative estimate of drug-likeness (QED) is 0.471. The summed E-state index contributed by atoms with van der Waals surface area (Å²) in [5.74, 6) is -1.02. The molecule has 0 saturated heterocycles. The molecule has 1 amide bonds. The van der Waals surface area contributed by atoms with Gasteiger partial charge in [0.2, 0.25) is 5.75 Å². The lowest BCUT2D eigenvalue weighted by molar-refractivity contribution is -0.385. The monoisotopic (exact) mass is 265 g/mol. The number of nitrogens with two attached hydrogens (primary N) is 1. The molecule has 8 heteroatoms. The van der Waals surface area contributed by atoms with Crippen molar-refractivity contribution in [2.75, 3.05) is 0 Å². The molecule has 18 heavy (non-hydrogen) atoms. The number of amidine groups is 1. The number of aromatic hydroxyl groups is 1. The number of phenolic OH excluding ortho intramolecular Hbond substituents is 1. The van der Waals surface area contributed by atoms with Gasteiger partial charge in [0.05, 0.1) is 9.83 Å². The molecule has 0 unspecified atom stereocenters. The molecule has 0 aromatic heterocycles. The molecule has 0 spiro atoms. The number of para-hydroxylation sites is 1. The number of rotatable bonds is 2. The van der Waals surface area contributed by atoms with Gasteiger partial charge in [-0.05, 0) is 17.8 Å². The molecule has 1 aliphatic heterocycles. The van der Waals surface area contributed by atoms with Crippen molar-refractivity contribution in [3.63, 3.8) is 0 Å². The lowest BCUT2D eigenvalue weighted by atomic mass is 10.1. The van der Waals surface area contributed by atoms with Gasteiger partial charge in [-0.15, -0.1) is 0 Å². The van der Waals surface area contributed by atoms with E-state index in [-0.39, 0.29) is 15.6 Å². The van der Waals surface area contributed by atoms with Crippen LogP contribution >= 0.6 is 11.8 Å². The fourth-order valence-electron chi connectivity index (χ4n) is 1.38. The van der Waals surface area contributed by atoms with Gasteiger partial charge in [-0.1, -0.05) is 12.1 Å². The molecular formula is C10H7N3O4S. The van der Waals surface area contributed by atoms with Crippen molar-refractivity contribution in [3.8, 4) is 5.75 Å². The van der Waals surface area contributed by atoms with E-state index in [1.165, 1.54) is 24.3 Å². The van der Waals surface area contributed by atoms with Gasteiger partial charge < -0.3 is 10.8 Å². The highest BCUT2D eigenvalue weighted by Crippen LogP contribution is 2.33. The summed E-state index contributed by atoms with van der Waals surface area (Å²) in [4.78, 5) is 25.0. The Labute approximate surface area is 105 Å². The van der Waals surface area contributed by atoms with Crippen LogP contribution in [0.25, 0.3) is 6.08 Å². The molecule has 1 aromatic rings. The number of nitro benzene ring substituents is 1. The summed E-state index contributed by atoms with van der Waals surface area (Å²) in [6.45, 7) is 0. The average Bonchev–Trinajstić information content (AvgIpc) is 2.60. The van der Waals surface area contributed by atoms with E-state index in [2.05, 4.69) is 4.99 Å². The van der Waals surface area contributed by atoms with Gasteiger partial charge in [-0.3, -0.25) is 14.9 Å². The van der Waals surface area contributed by atoms with Crippen molar-refractivity contribution in [2.24, 2.45) is 10.7 Å². The lowest BCUT2D eigenvalue weighted by Crippen LogP contribution is -2.01. The first kappa shape index (κ1) is 12.1. The summed E-state index contributed by atoms with van der Waals surface area (Å²) in [7, 11) is 0. The van der Waals surface area contributed by atoms with Crippen LogP contribution in [-0.2, 0) is 4.79 Å². The molecular weight excluding hydrogens is 258 g/mol. The van der Waals surface area contributed by atoms with Crippen LogP contribution in [0.3, 0.4) is 0 Å². The molecule has 1 aliphatic rings. The van der Waals surface area contributed by atoms with E-state index >= 15 is 0 Å². The van der Waals surface area contributed by atoms with E-state index in [1.54, 1.807) is 0 Å². The third-order valence-corrected chi connectivity index (χ3v) is 2.98. The Morgan fingerprint density at radius 1 is 1.50 bits per heavy atom. The van der Waals surface area contributed by atoms with E-state index in [9.17, 15) is 20.0 Å². The normalized spacial score (nSPS) is 17.0. The summed E-state index contributed by atoms with van der Waals surface area (Å²) in [6.07, 6.45) is 1.32. The maximum atomic E-state index is 11.3. The number of benzene rings is 1. The van der Waals surface area contributed by atoms with Crippen LogP contribution < -0.4 is 5.73 Å². The lowest BCUT2D eigenvalue weighted by Gasteiger charge is -2.00. The molecule has 0 atom stereocenters. The average molecular weight is 265 g/mol. The van der Waals surface area contributed by atoms with Crippen LogP contribution in [-0.4, -0.2) is 21.1 Å². The van der Waals surface area contributed by atoms with Gasteiger partial charge in [0.1, 0.15) is 0 Å². The molecule has 3 N–H and O–H groups in total. The highest BCUT2D eigenvalue weighted by molar-refractivity contribution is 8.18. The predicted molar refractivity (Wildman–Crippen MR) is 67.0 cm³/mol. The number of phenols is 1. The zero-order chi connectivity index (χ0) is 13.3. The Morgan fingerprint density at radius 3 is 2.78 bits per heavy atom. The third-order valence-electron chi connectivity index (χ3n) is 2.17. The summed E-state index contributed by atoms with van der Waals surface area (Å²) in [6, 6.07) is 4.04. The van der Waals surface area contributed by atoms with Crippen LogP contribution in [0.2, 0.25) is 0 Å². The number of carbonyl (C=O) groups is 1. The Morgan fingerprint density at radius 2 is 2.22 bits per heavy atom. The Bertz CT molecular complexity index is 609. The van der Waals surface area contributed by atoms with E-state index in [1.807, 2.05) is 0 Å². The zero-order valence-corrected chi connectivity index (χ0v) is 9.68. The summed E-state index contributed by atoms with van der Waals surface area (Å²) in [5, 5.41) is 20.4. The molecule has 0 radical (unpaired) electrons. The van der Waals surface area contributed by atoms with Gasteiger partial charge in [0.15, 0.2) is 5.17 Å². The first-order chi connectivity index (χ1) is 8.49. The molecule has 1 aromatic carbocycles. The van der Waals surface area contributed by atoms with Gasteiger partial charge >= 0.3 is 5.69 Å². The Hall–Kier alpha value is -2.35. The highest BCUT2D eigenvalue weighted by atomic mass is 32.2. The van der Waals surface area contributed by atoms with E-state index < -0.39 is 22.3 Å². The number of hydrogen-bond donors (Lipinski definition) is 2. The largest absolute Gasteiger partial charge is 0.502 e. The third kappa shape index (κ3) is 2.18. The minimum absolute atomic E-state index is 0.108. The number of amides is 1. The molecule has 7 nitrogen and oxygen atoms in total. The molecule has 92 valence electrons. The zero-order valence-electron chi connectivity index (χ0n) is 8.86. The molecule has 1 heterocycles. The van der Waals surface area contributed by atoms with Gasteiger partial charge in [-0.2, -0.15) is 4.99 Å². The fraction of sp³-hybridized carbons (Fsp3) is 0. The van der Waals surface area contributed by atoms with Gasteiger partial charge in [0, 0.05) is 11.6 Å². The first-order valence-corrected chi connectivity index (χ1v) is 5.55. The number of hydrogen-bond acceptors (Lipinski definition) is 6. The molecule has 0 saturated carbocycles. The number of carbonyl (C=O) groups excluding carboxylic acids is 1. The molecule has 0 fully saturated rings. The van der Waals surface area contributed by atoms with Crippen molar-refractivity contribution >= 4 is 34.6 Å². The molecule has 2 rings (SSSR count). The van der Waals surface area contributed by atoms with Crippen molar-refractivity contribution in [1.29, 1.82) is 0 Å². The van der Waals surface area contributed by atoms with Crippen LogP contribution in [0.4, 0.5) is 5.69 Å². The van der Waals surface area contributed by atoms with Crippen molar-refractivity contribution < 1.29 is 14.8 Å². The highest BCUT2D eigenvalue weighted by Gasteiger charge is 2.21. The van der Waals surface area contributed by atoms with Gasteiger partial charge in [0.25, 0.3) is 5.91 Å². The predicted octanol–water partition coefficient (Wildman–Crippen LogP) is 1.23. The number of nitrogens with zero attached hydrogens (tertiary/aromatic N) is 2. The maximum Gasteiger partial charge on any atom is 0.311 e. The SMILES string of the molecule is NC1=NC(=O)C(=Cc2cccc([N+](=O)[O-])c2O)S1. The Kier molecular flexibility index (Phi) is 3.02. The smallest absolute Gasteiger partial charge is 0.311 e. The van der Waals surface area contributed by atoms with Crippen LogP contribution in [0.15, 0.2) is 28.1 Å². The topological polar surface area (TPSA) is 119 Å². The van der Waals surface area contributed by atoms with E-state index in [0.29, 0.717) is 0 Å². The molecule has 0 aliphatic carbocycles. The second-order valence-electron chi connectivity index (χ2n) is 3.34. The fourth-order valence-corrected chi connectivity index (χ4v) is 2.05. The van der Waals surface area contributed by atoms with Crippen LogP contribution in [0.5, 0.6) is 5.75 Å². The minimum atomic E-state index is -0.703. The standard InChI is InChI=1S/C10H7N3O4S/c11-10-12-9(15)7(18-10)4-5-2-1-3-6(8(5)14)13(16)17/h1-4,14H,(H2,11,12,15). The second kappa shape index (κ2) is 4.49. The first-order valence-electron chi connectivity index (χ1n) is 4.73. The van der Waals surface area contributed by atoms with Crippen molar-refractivity contribution in [3.05, 3.63) is 38.8 Å². The van der Waals surface area contributed by atoms with E-state index in [0.717, 1.165) is 11.8 Å². The van der Waals surface area contributed by atoms with Crippen LogP contribution in [0.1, 0.15) is 5.56 Å². The number of nitro groups is 1. The summed E-state index contributed by atoms with van der Waals surface area (Å²) in [5.41, 5.74) is 5.11. The van der Waals surface area contributed by atoms with Gasteiger partial charge in [-0.25, -0.2) is 0 Å². The number of thioether (sulfide) groups is 1. The maximum absolute atomic E-state index is 11.3. The second-order valence-corrected chi connectivity index (χ2v) is 4.40. The molecule has 0 bridgehead atoms.